The van der Waals surface area contributed by atoms with Crippen LogP contribution in [0.25, 0.3) is 0 Å². The van der Waals surface area contributed by atoms with Crippen LogP contribution in [0.4, 0.5) is 0 Å². The van der Waals surface area contributed by atoms with Crippen molar-refractivity contribution in [3.63, 3.8) is 0 Å². The van der Waals surface area contributed by atoms with Gasteiger partial charge < -0.3 is 29.2 Å². The number of esters is 2. The van der Waals surface area contributed by atoms with Crippen LogP contribution in [0, 0.1) is 0 Å². The number of rotatable bonds is 17. The second-order valence-electron chi connectivity index (χ2n) is 5.59. The van der Waals surface area contributed by atoms with Gasteiger partial charge in [0, 0.05) is 12.8 Å². The molecule has 0 saturated carbocycles. The lowest BCUT2D eigenvalue weighted by Crippen LogP contribution is -2.22. The molecule has 0 amide bonds. The van der Waals surface area contributed by atoms with Gasteiger partial charge in [0.1, 0.15) is 38.6 Å². The largest absolute Gasteiger partial charge is 0.499 e. The molecule has 8 nitrogen and oxygen atoms in total. The Morgan fingerprint density at radius 3 is 1.46 bits per heavy atom. The topological polar surface area (TPSA) is 112 Å². The minimum Gasteiger partial charge on any atom is -0.499 e. The Morgan fingerprint density at radius 1 is 0.731 bits per heavy atom. The summed E-state index contributed by atoms with van der Waals surface area (Å²) in [7, 11) is 0. The van der Waals surface area contributed by atoms with Crippen molar-refractivity contribution in [3.8, 4) is 0 Å². The molecule has 0 bridgehead atoms. The third kappa shape index (κ3) is 15.5. The molecular formula is C18H30O8. The maximum Gasteiger partial charge on any atom is 0.305 e. The summed E-state index contributed by atoms with van der Waals surface area (Å²) in [6.07, 6.45) is 4.04. The predicted molar refractivity (Wildman–Crippen MR) is 93.9 cm³/mol. The average molecular weight is 374 g/mol. The third-order valence-electron chi connectivity index (χ3n) is 3.20. The van der Waals surface area contributed by atoms with Crippen molar-refractivity contribution in [1.29, 1.82) is 0 Å². The van der Waals surface area contributed by atoms with E-state index in [9.17, 15) is 19.8 Å². The molecule has 2 atom stereocenters. The second kappa shape index (κ2) is 16.4. The van der Waals surface area contributed by atoms with Crippen LogP contribution in [-0.4, -0.2) is 60.8 Å². The molecule has 2 N–H and O–H groups in total. The molecule has 0 aromatic rings. The van der Waals surface area contributed by atoms with Crippen molar-refractivity contribution < 1.29 is 38.7 Å². The quantitative estimate of drug-likeness (QED) is 0.224. The first-order valence-electron chi connectivity index (χ1n) is 8.62. The minimum atomic E-state index is -0.871. The Hall–Kier alpha value is -2.06. The normalized spacial score (nSPS) is 12.5. The number of aliphatic hydroxyl groups is 2. The van der Waals surface area contributed by atoms with Gasteiger partial charge in [0.2, 0.25) is 0 Å². The van der Waals surface area contributed by atoms with E-state index in [0.29, 0.717) is 12.8 Å². The van der Waals surface area contributed by atoms with E-state index in [4.69, 9.17) is 18.9 Å². The molecule has 8 heteroatoms. The first kappa shape index (κ1) is 23.9. The van der Waals surface area contributed by atoms with Gasteiger partial charge in [-0.15, -0.1) is 0 Å². The smallest absolute Gasteiger partial charge is 0.305 e. The number of ether oxygens (including phenoxy) is 4. The Bertz CT molecular complexity index is 372. The summed E-state index contributed by atoms with van der Waals surface area (Å²) in [6, 6.07) is 0. The van der Waals surface area contributed by atoms with Gasteiger partial charge in [0.15, 0.2) is 0 Å². The van der Waals surface area contributed by atoms with Crippen LogP contribution in [-0.2, 0) is 28.5 Å². The summed E-state index contributed by atoms with van der Waals surface area (Å²) in [5, 5.41) is 18.8. The zero-order chi connectivity index (χ0) is 19.6. The summed E-state index contributed by atoms with van der Waals surface area (Å²) in [4.78, 5) is 23.0. The molecule has 0 radical (unpaired) electrons. The van der Waals surface area contributed by atoms with Gasteiger partial charge in [-0.05, 0) is 12.8 Å². The van der Waals surface area contributed by atoms with Gasteiger partial charge in [-0.25, -0.2) is 0 Å². The van der Waals surface area contributed by atoms with E-state index in [1.807, 2.05) is 0 Å². The van der Waals surface area contributed by atoms with E-state index in [2.05, 4.69) is 13.2 Å². The first-order chi connectivity index (χ1) is 12.5. The standard InChI is InChI=1S/C18H30O8/c1-3-23-11-15(19)13-25-17(21)9-7-5-6-8-10-18(22)26-14-16(20)12-24-4-2/h3-4,15-16,19-20H,1-2,5-14H2. The van der Waals surface area contributed by atoms with Gasteiger partial charge >= 0.3 is 11.9 Å². The molecule has 0 heterocycles. The molecule has 0 aliphatic rings. The van der Waals surface area contributed by atoms with Gasteiger partial charge in [-0.1, -0.05) is 26.0 Å². The van der Waals surface area contributed by atoms with Gasteiger partial charge in [0.25, 0.3) is 0 Å². The van der Waals surface area contributed by atoms with Crippen LogP contribution in [0.2, 0.25) is 0 Å². The Morgan fingerprint density at radius 2 is 1.12 bits per heavy atom. The van der Waals surface area contributed by atoms with Crippen LogP contribution in [0.15, 0.2) is 25.7 Å². The maximum absolute atomic E-state index is 11.5. The lowest BCUT2D eigenvalue weighted by atomic mass is 10.1. The highest BCUT2D eigenvalue weighted by atomic mass is 16.6. The third-order valence-corrected chi connectivity index (χ3v) is 3.20. The second-order valence-corrected chi connectivity index (χ2v) is 5.59. The number of carbonyl (C=O) groups is 2. The summed E-state index contributed by atoms with van der Waals surface area (Å²) in [6.45, 7) is 6.53. The fraction of sp³-hybridized carbons (Fsp3) is 0.667. The van der Waals surface area contributed by atoms with Crippen LogP contribution in [0.5, 0.6) is 0 Å². The van der Waals surface area contributed by atoms with Crippen LogP contribution in [0.1, 0.15) is 38.5 Å². The summed E-state index contributed by atoms with van der Waals surface area (Å²) >= 11 is 0. The van der Waals surface area contributed by atoms with Crippen LogP contribution in [0.3, 0.4) is 0 Å². The van der Waals surface area contributed by atoms with Crippen molar-refractivity contribution in [2.75, 3.05) is 26.4 Å². The predicted octanol–water partition coefficient (Wildman–Crippen LogP) is 1.46. The molecule has 0 aromatic heterocycles. The molecule has 0 aliphatic carbocycles. The van der Waals surface area contributed by atoms with E-state index >= 15 is 0 Å². The zero-order valence-corrected chi connectivity index (χ0v) is 15.1. The molecule has 150 valence electrons. The molecular weight excluding hydrogens is 344 g/mol. The summed E-state index contributed by atoms with van der Waals surface area (Å²) in [5.74, 6) is -0.754. The number of aliphatic hydroxyl groups excluding tert-OH is 2. The minimum absolute atomic E-state index is 0.0329. The highest BCUT2D eigenvalue weighted by Crippen LogP contribution is 2.07. The highest BCUT2D eigenvalue weighted by molar-refractivity contribution is 5.69. The van der Waals surface area contributed by atoms with Crippen molar-refractivity contribution in [2.24, 2.45) is 0 Å². The Balaban J connectivity index is 3.51. The van der Waals surface area contributed by atoms with Crippen molar-refractivity contribution in [2.45, 2.75) is 50.7 Å². The average Bonchev–Trinajstić information content (AvgIpc) is 2.63. The highest BCUT2D eigenvalue weighted by Gasteiger charge is 2.10. The first-order valence-corrected chi connectivity index (χ1v) is 8.62. The molecule has 0 fully saturated rings. The Labute approximate surface area is 154 Å². The molecule has 0 aromatic carbocycles. The van der Waals surface area contributed by atoms with Crippen molar-refractivity contribution in [1.82, 2.24) is 0 Å². The van der Waals surface area contributed by atoms with E-state index in [1.165, 1.54) is 12.5 Å². The fourth-order valence-corrected chi connectivity index (χ4v) is 1.87. The molecule has 0 rings (SSSR count). The van der Waals surface area contributed by atoms with E-state index in [-0.39, 0.29) is 51.2 Å². The lowest BCUT2D eigenvalue weighted by Gasteiger charge is -2.11. The molecule has 2 unspecified atom stereocenters. The summed E-state index contributed by atoms with van der Waals surface area (Å²) in [5.41, 5.74) is 0. The SMILES string of the molecule is C=COCC(O)COC(=O)CCCCCCC(=O)OCC(O)COC=C. The lowest BCUT2D eigenvalue weighted by molar-refractivity contribution is -0.148. The monoisotopic (exact) mass is 374 g/mol. The van der Waals surface area contributed by atoms with Gasteiger partial charge in [0.05, 0.1) is 12.5 Å². The van der Waals surface area contributed by atoms with Crippen LogP contribution < -0.4 is 0 Å². The van der Waals surface area contributed by atoms with E-state index < -0.39 is 12.2 Å². The Kier molecular flexibility index (Phi) is 15.1. The van der Waals surface area contributed by atoms with Crippen molar-refractivity contribution >= 4 is 11.9 Å². The van der Waals surface area contributed by atoms with Gasteiger partial charge in [-0.3, -0.25) is 9.59 Å². The van der Waals surface area contributed by atoms with Crippen molar-refractivity contribution in [3.05, 3.63) is 25.7 Å². The van der Waals surface area contributed by atoms with E-state index in [1.54, 1.807) is 0 Å². The van der Waals surface area contributed by atoms with E-state index in [0.717, 1.165) is 12.8 Å². The summed E-state index contributed by atoms with van der Waals surface area (Å²) < 4.78 is 19.4. The molecule has 0 saturated heterocycles. The number of hydrogen-bond acceptors (Lipinski definition) is 8. The number of unbranched alkanes of at least 4 members (excludes halogenated alkanes) is 3. The van der Waals surface area contributed by atoms with Gasteiger partial charge in [-0.2, -0.15) is 0 Å². The number of hydrogen-bond donors (Lipinski definition) is 2. The molecule has 0 aliphatic heterocycles. The zero-order valence-electron chi connectivity index (χ0n) is 15.1. The molecule has 26 heavy (non-hydrogen) atoms. The number of carbonyl (C=O) groups excluding carboxylic acids is 2. The maximum atomic E-state index is 11.5. The fourth-order valence-electron chi connectivity index (χ4n) is 1.87. The molecule has 0 spiro atoms. The van der Waals surface area contributed by atoms with Crippen LogP contribution >= 0.6 is 0 Å².